The van der Waals surface area contributed by atoms with Gasteiger partial charge in [-0.3, -0.25) is 0 Å². The van der Waals surface area contributed by atoms with Gasteiger partial charge in [0.2, 0.25) is 0 Å². The van der Waals surface area contributed by atoms with Gasteiger partial charge in [0.1, 0.15) is 0 Å². The van der Waals surface area contributed by atoms with Crippen LogP contribution in [0.5, 0.6) is 0 Å². The van der Waals surface area contributed by atoms with Crippen LogP contribution >= 0.6 is 0 Å². The molecular weight excluding hydrogens is 398 g/mol. The number of nitrogens with zero attached hydrogens (tertiary/aromatic N) is 1. The molecule has 0 fully saturated rings. The molecule has 0 spiro atoms. The maximum atomic E-state index is 2.35. The summed E-state index contributed by atoms with van der Waals surface area (Å²) in [6.07, 6.45) is 4.34. The molecule has 0 atom stereocenters. The molecule has 0 N–H and O–H groups in total. The summed E-state index contributed by atoms with van der Waals surface area (Å²) in [5.74, 6) is 0. The molecule has 0 amide bonds. The second-order valence-corrected chi connectivity index (χ2v) is 8.29. The van der Waals surface area contributed by atoms with E-state index < -0.39 is 0 Å². The highest BCUT2D eigenvalue weighted by Crippen LogP contribution is 2.35. The number of hydrogen-bond acceptors (Lipinski definition) is 0. The molecule has 1 heteroatoms. The van der Waals surface area contributed by atoms with Crippen molar-refractivity contribution in [2.24, 2.45) is 0 Å². The van der Waals surface area contributed by atoms with E-state index in [2.05, 4.69) is 138 Å². The molecule has 1 aromatic heterocycles. The molecule has 0 bridgehead atoms. The second-order valence-electron chi connectivity index (χ2n) is 8.29. The van der Waals surface area contributed by atoms with Gasteiger partial charge < -0.3 is 4.57 Å². The van der Waals surface area contributed by atoms with Gasteiger partial charge in [-0.15, -0.1) is 0 Å². The van der Waals surface area contributed by atoms with Crippen molar-refractivity contribution < 1.29 is 0 Å². The highest BCUT2D eigenvalue weighted by molar-refractivity contribution is 6.10. The summed E-state index contributed by atoms with van der Waals surface area (Å²) in [7, 11) is 0. The quantitative estimate of drug-likeness (QED) is 0.251. The average Bonchev–Trinajstić information content (AvgIpc) is 3.22. The van der Waals surface area contributed by atoms with Gasteiger partial charge in [0, 0.05) is 16.5 Å². The van der Waals surface area contributed by atoms with E-state index in [1.165, 1.54) is 49.7 Å². The van der Waals surface area contributed by atoms with Gasteiger partial charge in [-0.1, -0.05) is 103 Å². The van der Waals surface area contributed by atoms with Crippen LogP contribution in [0.1, 0.15) is 11.1 Å². The molecule has 0 aliphatic carbocycles. The van der Waals surface area contributed by atoms with Gasteiger partial charge in [0.25, 0.3) is 0 Å². The third-order valence-corrected chi connectivity index (χ3v) is 6.17. The standard InChI is InChI=1S/C32H23N/c1-3-10-24(11-4-1)18-19-25-12-9-13-26(22-25)27-20-21-32-30(23-27)29-16-7-8-17-31(29)33(32)28-14-5-2-6-15-28/h1-23H. The summed E-state index contributed by atoms with van der Waals surface area (Å²) >= 11 is 0. The Labute approximate surface area is 193 Å². The zero-order valence-corrected chi connectivity index (χ0v) is 18.2. The molecule has 0 saturated carbocycles. The Morgan fingerprint density at radius 3 is 1.91 bits per heavy atom. The van der Waals surface area contributed by atoms with E-state index in [1.54, 1.807) is 0 Å². The fraction of sp³-hybridized carbons (Fsp3) is 0. The molecule has 1 heterocycles. The highest BCUT2D eigenvalue weighted by atomic mass is 15.0. The third kappa shape index (κ3) is 3.64. The van der Waals surface area contributed by atoms with Crippen molar-refractivity contribution in [2.75, 3.05) is 0 Å². The number of benzene rings is 5. The largest absolute Gasteiger partial charge is 0.309 e. The average molecular weight is 422 g/mol. The van der Waals surface area contributed by atoms with Crippen LogP contribution < -0.4 is 0 Å². The van der Waals surface area contributed by atoms with Gasteiger partial charge in [-0.2, -0.15) is 0 Å². The minimum atomic E-state index is 1.18. The molecule has 0 radical (unpaired) electrons. The topological polar surface area (TPSA) is 4.93 Å². The number of rotatable bonds is 4. The van der Waals surface area contributed by atoms with Crippen molar-refractivity contribution in [3.63, 3.8) is 0 Å². The summed E-state index contributed by atoms with van der Waals surface area (Å²) < 4.78 is 2.35. The molecule has 156 valence electrons. The van der Waals surface area contributed by atoms with Crippen molar-refractivity contribution in [1.82, 2.24) is 4.57 Å². The van der Waals surface area contributed by atoms with E-state index >= 15 is 0 Å². The lowest BCUT2D eigenvalue weighted by Crippen LogP contribution is -1.92. The normalized spacial score (nSPS) is 11.5. The van der Waals surface area contributed by atoms with Gasteiger partial charge in [0.05, 0.1) is 11.0 Å². The van der Waals surface area contributed by atoms with Crippen LogP contribution in [-0.4, -0.2) is 4.57 Å². The van der Waals surface area contributed by atoms with Crippen LogP contribution in [-0.2, 0) is 0 Å². The van der Waals surface area contributed by atoms with Crippen LogP contribution in [0.15, 0.2) is 127 Å². The van der Waals surface area contributed by atoms with Crippen molar-refractivity contribution in [1.29, 1.82) is 0 Å². The van der Waals surface area contributed by atoms with E-state index in [0.717, 1.165) is 0 Å². The number of fused-ring (bicyclic) bond motifs is 3. The summed E-state index contributed by atoms with van der Waals surface area (Å²) in [4.78, 5) is 0. The van der Waals surface area contributed by atoms with E-state index in [1.807, 2.05) is 6.07 Å². The first-order valence-corrected chi connectivity index (χ1v) is 11.3. The zero-order chi connectivity index (χ0) is 22.0. The first-order valence-electron chi connectivity index (χ1n) is 11.3. The lowest BCUT2D eigenvalue weighted by Gasteiger charge is -2.08. The SMILES string of the molecule is C(=Cc1cccc(-c2ccc3c(c2)c2ccccc2n3-c2ccccc2)c1)c1ccccc1. The molecule has 6 aromatic rings. The number of aromatic nitrogens is 1. The van der Waals surface area contributed by atoms with Crippen molar-refractivity contribution in [3.05, 3.63) is 139 Å². The van der Waals surface area contributed by atoms with Crippen LogP contribution in [0.2, 0.25) is 0 Å². The molecular formula is C32H23N. The van der Waals surface area contributed by atoms with E-state index in [9.17, 15) is 0 Å². The number of hydrogen-bond donors (Lipinski definition) is 0. The molecule has 0 saturated heterocycles. The van der Waals surface area contributed by atoms with Crippen molar-refractivity contribution >= 4 is 34.0 Å². The van der Waals surface area contributed by atoms with E-state index in [0.29, 0.717) is 0 Å². The maximum Gasteiger partial charge on any atom is 0.0541 e. The second kappa shape index (κ2) is 8.29. The number of para-hydroxylation sites is 2. The third-order valence-electron chi connectivity index (χ3n) is 6.17. The lowest BCUT2D eigenvalue weighted by atomic mass is 10.0. The minimum absolute atomic E-state index is 1.18. The summed E-state index contributed by atoms with van der Waals surface area (Å²) in [5, 5.41) is 2.55. The Morgan fingerprint density at radius 1 is 0.424 bits per heavy atom. The Morgan fingerprint density at radius 2 is 1.06 bits per heavy atom. The Bertz CT molecular complexity index is 1590. The van der Waals surface area contributed by atoms with Gasteiger partial charge in [-0.25, -0.2) is 0 Å². The highest BCUT2D eigenvalue weighted by Gasteiger charge is 2.12. The lowest BCUT2D eigenvalue weighted by molar-refractivity contribution is 1.18. The van der Waals surface area contributed by atoms with Crippen molar-refractivity contribution in [3.8, 4) is 16.8 Å². The van der Waals surface area contributed by atoms with Crippen molar-refractivity contribution in [2.45, 2.75) is 0 Å². The molecule has 0 aliphatic rings. The molecule has 5 aromatic carbocycles. The zero-order valence-electron chi connectivity index (χ0n) is 18.2. The Balaban J connectivity index is 1.46. The minimum Gasteiger partial charge on any atom is -0.309 e. The first-order chi connectivity index (χ1) is 16.4. The van der Waals surface area contributed by atoms with Crippen LogP contribution in [0.3, 0.4) is 0 Å². The molecule has 0 unspecified atom stereocenters. The fourth-order valence-corrected chi connectivity index (χ4v) is 4.59. The molecule has 1 nitrogen and oxygen atoms in total. The summed E-state index contributed by atoms with van der Waals surface area (Å²) in [6, 6.07) is 45.2. The molecule has 0 aliphatic heterocycles. The summed E-state index contributed by atoms with van der Waals surface area (Å²) in [6.45, 7) is 0. The first kappa shape index (κ1) is 19.3. The van der Waals surface area contributed by atoms with Gasteiger partial charge in [-0.05, 0) is 58.7 Å². The monoisotopic (exact) mass is 421 g/mol. The summed E-state index contributed by atoms with van der Waals surface area (Å²) in [5.41, 5.74) is 8.50. The fourth-order valence-electron chi connectivity index (χ4n) is 4.59. The van der Waals surface area contributed by atoms with Crippen LogP contribution in [0.4, 0.5) is 0 Å². The maximum absolute atomic E-state index is 2.35. The predicted molar refractivity (Wildman–Crippen MR) is 142 cm³/mol. The van der Waals surface area contributed by atoms with E-state index in [4.69, 9.17) is 0 Å². The smallest absolute Gasteiger partial charge is 0.0541 e. The van der Waals surface area contributed by atoms with Crippen LogP contribution in [0.25, 0.3) is 50.8 Å². The predicted octanol–water partition coefficient (Wildman–Crippen LogP) is 8.62. The molecule has 6 rings (SSSR count). The Kier molecular flexibility index (Phi) is 4.86. The Hall–Kier alpha value is -4.36. The van der Waals surface area contributed by atoms with Gasteiger partial charge in [0.15, 0.2) is 0 Å². The van der Waals surface area contributed by atoms with E-state index in [-0.39, 0.29) is 0 Å². The molecule has 33 heavy (non-hydrogen) atoms. The van der Waals surface area contributed by atoms with Gasteiger partial charge >= 0.3 is 0 Å². The van der Waals surface area contributed by atoms with Crippen LogP contribution in [0, 0.1) is 0 Å².